The molecule has 0 radical (unpaired) electrons. The van der Waals surface area contributed by atoms with Crippen LogP contribution in [-0.2, 0) is 0 Å². The molecular formula is C45H33N5. The molecule has 1 aliphatic heterocycles. The molecule has 0 aliphatic carbocycles. The maximum atomic E-state index is 5.30. The normalized spacial score (nSPS) is 14.2. The highest BCUT2D eigenvalue weighted by Gasteiger charge is 2.24. The Hall–Kier alpha value is -6.72. The summed E-state index contributed by atoms with van der Waals surface area (Å²) in [5.41, 5.74) is 9.75. The molecule has 5 heteroatoms. The van der Waals surface area contributed by atoms with Crippen LogP contribution >= 0.6 is 0 Å². The third-order valence-electron chi connectivity index (χ3n) is 9.22. The van der Waals surface area contributed by atoms with Crippen molar-refractivity contribution in [3.63, 3.8) is 0 Å². The fourth-order valence-corrected chi connectivity index (χ4v) is 6.90. The minimum absolute atomic E-state index is 0.449. The number of aromatic nitrogens is 1. The SMILES string of the molecule is c1ccc(C2=NC(c3cccc(-c4cccc(N(c5ccccc5)c5ccccc5)c4)c3)N=C(n3c4ccccc4c4ccccc43)N2)cc1. The Labute approximate surface area is 291 Å². The average molecular weight is 644 g/mol. The summed E-state index contributed by atoms with van der Waals surface area (Å²) in [7, 11) is 0. The number of hydrogen-bond donors (Lipinski definition) is 1. The summed E-state index contributed by atoms with van der Waals surface area (Å²) in [5, 5.41) is 5.99. The van der Waals surface area contributed by atoms with Gasteiger partial charge in [0.15, 0.2) is 6.17 Å². The molecule has 1 atom stereocenters. The second-order valence-corrected chi connectivity index (χ2v) is 12.3. The fraction of sp³-hybridized carbons (Fsp3) is 0.0222. The van der Waals surface area contributed by atoms with Gasteiger partial charge in [0.2, 0.25) is 5.96 Å². The lowest BCUT2D eigenvalue weighted by Crippen LogP contribution is -2.39. The molecule has 1 aliphatic rings. The van der Waals surface area contributed by atoms with Crippen LogP contribution in [0.15, 0.2) is 198 Å². The summed E-state index contributed by atoms with van der Waals surface area (Å²) < 4.78 is 2.23. The van der Waals surface area contributed by atoms with Gasteiger partial charge in [-0.1, -0.05) is 133 Å². The minimum Gasteiger partial charge on any atom is -0.310 e. The van der Waals surface area contributed by atoms with Crippen LogP contribution in [0.2, 0.25) is 0 Å². The zero-order valence-electron chi connectivity index (χ0n) is 27.3. The van der Waals surface area contributed by atoms with Crippen LogP contribution in [0.25, 0.3) is 32.9 Å². The maximum absolute atomic E-state index is 5.30. The zero-order valence-corrected chi connectivity index (χ0v) is 27.3. The van der Waals surface area contributed by atoms with Gasteiger partial charge in [0.1, 0.15) is 5.84 Å². The molecule has 1 unspecified atom stereocenters. The minimum atomic E-state index is -0.449. The number of para-hydroxylation sites is 4. The molecule has 9 rings (SSSR count). The van der Waals surface area contributed by atoms with E-state index in [1.54, 1.807) is 0 Å². The monoisotopic (exact) mass is 643 g/mol. The first kappa shape index (κ1) is 29.4. The first-order chi connectivity index (χ1) is 24.8. The molecule has 8 aromatic rings. The second-order valence-electron chi connectivity index (χ2n) is 12.3. The molecule has 2 heterocycles. The van der Waals surface area contributed by atoms with E-state index in [9.17, 15) is 0 Å². The number of benzene rings is 7. The van der Waals surface area contributed by atoms with Crippen molar-refractivity contribution >= 4 is 50.7 Å². The van der Waals surface area contributed by atoms with E-state index in [1.807, 2.05) is 18.2 Å². The van der Waals surface area contributed by atoms with Crippen LogP contribution in [0.4, 0.5) is 17.1 Å². The topological polar surface area (TPSA) is 44.9 Å². The highest BCUT2D eigenvalue weighted by Crippen LogP contribution is 2.37. The molecule has 1 N–H and O–H groups in total. The lowest BCUT2D eigenvalue weighted by molar-refractivity contribution is 0.745. The van der Waals surface area contributed by atoms with Crippen molar-refractivity contribution < 1.29 is 0 Å². The molecule has 0 saturated carbocycles. The zero-order chi connectivity index (χ0) is 33.3. The van der Waals surface area contributed by atoms with Gasteiger partial charge in [-0.25, -0.2) is 9.98 Å². The van der Waals surface area contributed by atoms with E-state index < -0.39 is 6.17 Å². The first-order valence-electron chi connectivity index (χ1n) is 16.9. The van der Waals surface area contributed by atoms with Crippen molar-refractivity contribution in [3.8, 4) is 11.1 Å². The van der Waals surface area contributed by atoms with Gasteiger partial charge in [-0.05, 0) is 71.3 Å². The van der Waals surface area contributed by atoms with E-state index in [4.69, 9.17) is 9.98 Å². The van der Waals surface area contributed by atoms with E-state index in [0.29, 0.717) is 0 Å². The van der Waals surface area contributed by atoms with Crippen LogP contribution in [-0.4, -0.2) is 16.4 Å². The Morgan fingerprint density at radius 2 is 0.940 bits per heavy atom. The standard InChI is InChI=1S/C45H33N5/c1-4-16-32(17-5-1)43-46-44(48-45(47-43)50-41-28-12-10-26-39(41)40-27-11-13-29-42(40)50)35-20-14-18-33(30-35)34-19-15-25-38(31-34)49(36-21-6-2-7-22-36)37-23-8-3-9-24-37/h1-31,44H,(H,46,47,48). The Bertz CT molecular complexity index is 2420. The van der Waals surface area contributed by atoms with Crippen molar-refractivity contribution in [2.75, 3.05) is 4.90 Å². The van der Waals surface area contributed by atoms with Gasteiger partial charge in [-0.2, -0.15) is 0 Å². The molecule has 1 aromatic heterocycles. The third kappa shape index (κ3) is 5.41. The Morgan fingerprint density at radius 3 is 1.58 bits per heavy atom. The number of anilines is 3. The van der Waals surface area contributed by atoms with Gasteiger partial charge in [-0.15, -0.1) is 0 Å². The number of aliphatic imine (C=N–C) groups is 2. The maximum Gasteiger partial charge on any atom is 0.211 e. The second kappa shape index (κ2) is 12.7. The van der Waals surface area contributed by atoms with Gasteiger partial charge in [-0.3, -0.25) is 4.57 Å². The van der Waals surface area contributed by atoms with Gasteiger partial charge < -0.3 is 10.2 Å². The summed E-state index contributed by atoms with van der Waals surface area (Å²) in [6.07, 6.45) is -0.449. The predicted molar refractivity (Wildman–Crippen MR) is 208 cm³/mol. The molecule has 0 bridgehead atoms. The van der Waals surface area contributed by atoms with E-state index in [2.05, 4.69) is 185 Å². The number of rotatable bonds is 6. The van der Waals surface area contributed by atoms with E-state index in [1.165, 1.54) is 10.8 Å². The predicted octanol–water partition coefficient (Wildman–Crippen LogP) is 10.9. The lowest BCUT2D eigenvalue weighted by Gasteiger charge is -2.26. The largest absolute Gasteiger partial charge is 0.310 e. The molecule has 50 heavy (non-hydrogen) atoms. The van der Waals surface area contributed by atoms with Crippen LogP contribution in [0.5, 0.6) is 0 Å². The highest BCUT2D eigenvalue weighted by molar-refractivity contribution is 6.18. The van der Waals surface area contributed by atoms with Crippen molar-refractivity contribution in [1.82, 2.24) is 9.88 Å². The molecule has 0 fully saturated rings. The molecule has 238 valence electrons. The Morgan fingerprint density at radius 1 is 0.440 bits per heavy atom. The molecule has 5 nitrogen and oxygen atoms in total. The van der Waals surface area contributed by atoms with Crippen LogP contribution in [0, 0.1) is 0 Å². The van der Waals surface area contributed by atoms with Gasteiger partial charge in [0, 0.05) is 33.4 Å². The van der Waals surface area contributed by atoms with Crippen molar-refractivity contribution in [3.05, 3.63) is 199 Å². The number of nitrogens with one attached hydrogen (secondary N) is 1. The summed E-state index contributed by atoms with van der Waals surface area (Å²) in [6.45, 7) is 0. The Kier molecular flexibility index (Phi) is 7.48. The van der Waals surface area contributed by atoms with Gasteiger partial charge in [0.25, 0.3) is 0 Å². The highest BCUT2D eigenvalue weighted by atomic mass is 15.3. The van der Waals surface area contributed by atoms with Crippen LogP contribution in [0.1, 0.15) is 17.3 Å². The van der Waals surface area contributed by atoms with Gasteiger partial charge >= 0.3 is 0 Å². The first-order valence-corrected chi connectivity index (χ1v) is 16.9. The van der Waals surface area contributed by atoms with E-state index in [-0.39, 0.29) is 0 Å². The van der Waals surface area contributed by atoms with Crippen LogP contribution in [0.3, 0.4) is 0 Å². The summed E-state index contributed by atoms with van der Waals surface area (Å²) >= 11 is 0. The number of fused-ring (bicyclic) bond motifs is 3. The summed E-state index contributed by atoms with van der Waals surface area (Å²) in [5.74, 6) is 1.53. The van der Waals surface area contributed by atoms with Crippen molar-refractivity contribution in [1.29, 1.82) is 0 Å². The van der Waals surface area contributed by atoms with E-state index >= 15 is 0 Å². The smallest absolute Gasteiger partial charge is 0.211 e. The molecule has 7 aromatic carbocycles. The number of amidine groups is 1. The lowest BCUT2D eigenvalue weighted by atomic mass is 10.0. The molecule has 0 spiro atoms. The van der Waals surface area contributed by atoms with Crippen LogP contribution < -0.4 is 10.2 Å². The summed E-state index contributed by atoms with van der Waals surface area (Å²) in [6, 6.07) is 65.7. The van der Waals surface area contributed by atoms with E-state index in [0.717, 1.165) is 62.1 Å². The fourth-order valence-electron chi connectivity index (χ4n) is 6.90. The van der Waals surface area contributed by atoms with Gasteiger partial charge in [0.05, 0.1) is 11.0 Å². The summed E-state index contributed by atoms with van der Waals surface area (Å²) in [4.78, 5) is 12.8. The quantitative estimate of drug-likeness (QED) is 0.196. The third-order valence-corrected chi connectivity index (χ3v) is 9.22. The number of hydrogen-bond acceptors (Lipinski definition) is 4. The Balaban J connectivity index is 1.15. The average Bonchev–Trinajstić information content (AvgIpc) is 3.54. The molecule has 0 saturated heterocycles. The molecular weight excluding hydrogens is 611 g/mol. The van der Waals surface area contributed by atoms with Crippen molar-refractivity contribution in [2.24, 2.45) is 9.98 Å². The number of nitrogens with zero attached hydrogens (tertiary/aromatic N) is 4. The molecule has 0 amide bonds. The van der Waals surface area contributed by atoms with Crippen molar-refractivity contribution in [2.45, 2.75) is 6.17 Å².